The second-order valence-corrected chi connectivity index (χ2v) is 9.62. The summed E-state index contributed by atoms with van der Waals surface area (Å²) in [4.78, 5) is 14.4. The number of hydrogen-bond donors (Lipinski definition) is 1. The highest BCUT2D eigenvalue weighted by Crippen LogP contribution is 2.20. The lowest BCUT2D eigenvalue weighted by atomic mass is 10.2. The summed E-state index contributed by atoms with van der Waals surface area (Å²) in [6, 6.07) is 14.9. The molecule has 2 aromatic carbocycles. The first kappa shape index (κ1) is 21.4. The molecule has 0 atom stereocenters. The molecule has 2 rings (SSSR count). The Balaban J connectivity index is 1.98. The van der Waals surface area contributed by atoms with E-state index in [-0.39, 0.29) is 5.75 Å². The van der Waals surface area contributed by atoms with E-state index in [1.807, 2.05) is 18.2 Å². The van der Waals surface area contributed by atoms with Crippen LogP contribution >= 0.6 is 15.9 Å². The van der Waals surface area contributed by atoms with Gasteiger partial charge in [-0.05, 0) is 62.7 Å². The van der Waals surface area contributed by atoms with Crippen molar-refractivity contribution >= 4 is 43.0 Å². The van der Waals surface area contributed by atoms with Crippen molar-refractivity contribution in [2.45, 2.75) is 32.6 Å². The molecule has 1 N–H and O–H groups in total. The summed E-state index contributed by atoms with van der Waals surface area (Å²) in [6.45, 7) is 7.22. The fourth-order valence-corrected chi connectivity index (χ4v) is 4.62. The number of halogens is 1. The predicted molar refractivity (Wildman–Crippen MR) is 115 cm³/mol. The van der Waals surface area contributed by atoms with Crippen molar-refractivity contribution in [1.29, 1.82) is 0 Å². The molecule has 146 valence electrons. The lowest BCUT2D eigenvalue weighted by molar-refractivity contribution is -0.113. The lowest BCUT2D eigenvalue weighted by Gasteiger charge is -2.27. The first-order chi connectivity index (χ1) is 12.7. The maximum atomic E-state index is 12.3. The molecule has 7 heteroatoms. The second-order valence-electron chi connectivity index (χ2n) is 6.64. The number of nitrogens with zero attached hydrogens (tertiary/aromatic N) is 1. The zero-order valence-electron chi connectivity index (χ0n) is 15.8. The molecule has 1 amide bonds. The summed E-state index contributed by atoms with van der Waals surface area (Å²) in [5, 5.41) is 2.66. The molecule has 27 heavy (non-hydrogen) atoms. The highest BCUT2D eigenvalue weighted by molar-refractivity contribution is 9.10. The van der Waals surface area contributed by atoms with Crippen molar-refractivity contribution in [2.75, 3.05) is 22.5 Å². The Bertz CT molecular complexity index is 880. The average molecular weight is 453 g/mol. The number of benzene rings is 2. The molecule has 0 aliphatic rings. The fourth-order valence-electron chi connectivity index (χ4n) is 2.91. The number of nitrogens with one attached hydrogen (secondary N) is 1. The van der Waals surface area contributed by atoms with Crippen LogP contribution in [0, 0.1) is 0 Å². The van der Waals surface area contributed by atoms with E-state index in [4.69, 9.17) is 0 Å². The Morgan fingerprint density at radius 1 is 1.15 bits per heavy atom. The first-order valence-electron chi connectivity index (χ1n) is 8.81. The minimum absolute atomic E-state index is 0.168. The van der Waals surface area contributed by atoms with Crippen LogP contribution in [0.1, 0.15) is 26.3 Å². The number of rotatable bonds is 8. The fraction of sp³-hybridized carbons (Fsp3) is 0.350. The molecule has 0 aromatic heterocycles. The zero-order chi connectivity index (χ0) is 20.0. The van der Waals surface area contributed by atoms with Gasteiger partial charge >= 0.3 is 0 Å². The number of hydrogen-bond acceptors (Lipinski definition) is 4. The third kappa shape index (κ3) is 6.66. The molecule has 0 spiro atoms. The van der Waals surface area contributed by atoms with Gasteiger partial charge in [-0.3, -0.25) is 4.79 Å². The predicted octanol–water partition coefficient (Wildman–Crippen LogP) is 4.24. The SMILES string of the molecule is CCN(c1ccc(NC(=O)CS(=O)(=O)Cc2cccc(Br)c2)cc1)C(C)C. The Morgan fingerprint density at radius 2 is 1.81 bits per heavy atom. The largest absolute Gasteiger partial charge is 0.369 e. The summed E-state index contributed by atoms with van der Waals surface area (Å²) in [7, 11) is -3.55. The third-order valence-electron chi connectivity index (χ3n) is 4.07. The molecule has 5 nitrogen and oxygen atoms in total. The maximum absolute atomic E-state index is 12.3. The van der Waals surface area contributed by atoms with E-state index in [9.17, 15) is 13.2 Å². The minimum atomic E-state index is -3.55. The molecule has 0 radical (unpaired) electrons. The summed E-state index contributed by atoms with van der Waals surface area (Å²) < 4.78 is 25.4. The molecule has 0 heterocycles. The smallest absolute Gasteiger partial charge is 0.239 e. The molecule has 0 bridgehead atoms. The Hall–Kier alpha value is -1.86. The molecule has 0 fully saturated rings. The number of carbonyl (C=O) groups is 1. The van der Waals surface area contributed by atoms with E-state index in [0.717, 1.165) is 16.7 Å². The van der Waals surface area contributed by atoms with Crippen LogP contribution in [0.2, 0.25) is 0 Å². The first-order valence-corrected chi connectivity index (χ1v) is 11.4. The Kier molecular flexibility index (Phi) is 7.44. The Morgan fingerprint density at radius 3 is 2.37 bits per heavy atom. The van der Waals surface area contributed by atoms with Crippen molar-refractivity contribution in [3.63, 3.8) is 0 Å². The summed E-state index contributed by atoms with van der Waals surface area (Å²) in [5.74, 6) is -1.25. The highest BCUT2D eigenvalue weighted by atomic mass is 79.9. The van der Waals surface area contributed by atoms with Gasteiger partial charge in [0.05, 0.1) is 5.75 Å². The number of amides is 1. The van der Waals surface area contributed by atoms with E-state index >= 15 is 0 Å². The van der Waals surface area contributed by atoms with Crippen LogP contribution in [0.3, 0.4) is 0 Å². The van der Waals surface area contributed by atoms with Crippen molar-refractivity contribution in [3.05, 3.63) is 58.6 Å². The van der Waals surface area contributed by atoms with Gasteiger partial charge < -0.3 is 10.2 Å². The average Bonchev–Trinajstić information content (AvgIpc) is 2.55. The summed E-state index contributed by atoms with van der Waals surface area (Å²) >= 11 is 3.32. The molecule has 0 aliphatic heterocycles. The van der Waals surface area contributed by atoms with E-state index < -0.39 is 21.5 Å². The van der Waals surface area contributed by atoms with Crippen LogP contribution in [0.5, 0.6) is 0 Å². The highest BCUT2D eigenvalue weighted by Gasteiger charge is 2.18. The summed E-state index contributed by atoms with van der Waals surface area (Å²) in [6.07, 6.45) is 0. The maximum Gasteiger partial charge on any atom is 0.239 e. The van der Waals surface area contributed by atoms with Crippen LogP contribution in [-0.2, 0) is 20.4 Å². The van der Waals surface area contributed by atoms with Gasteiger partial charge in [-0.1, -0.05) is 28.1 Å². The van der Waals surface area contributed by atoms with E-state index in [0.29, 0.717) is 17.3 Å². The Labute approximate surface area is 169 Å². The van der Waals surface area contributed by atoms with Gasteiger partial charge in [0.1, 0.15) is 5.75 Å². The lowest BCUT2D eigenvalue weighted by Crippen LogP contribution is -2.30. The number of anilines is 2. The van der Waals surface area contributed by atoms with Gasteiger partial charge in [-0.25, -0.2) is 8.42 Å². The van der Waals surface area contributed by atoms with Gasteiger partial charge in [0.25, 0.3) is 0 Å². The number of carbonyl (C=O) groups excluding carboxylic acids is 1. The van der Waals surface area contributed by atoms with E-state index in [1.165, 1.54) is 0 Å². The molecule has 2 aromatic rings. The van der Waals surface area contributed by atoms with Gasteiger partial charge in [0.15, 0.2) is 9.84 Å². The van der Waals surface area contributed by atoms with Crippen LogP contribution < -0.4 is 10.2 Å². The molecular weight excluding hydrogens is 428 g/mol. The van der Waals surface area contributed by atoms with Crippen LogP contribution in [-0.4, -0.2) is 32.7 Å². The van der Waals surface area contributed by atoms with Gasteiger partial charge in [-0.15, -0.1) is 0 Å². The molecule has 0 saturated carbocycles. The monoisotopic (exact) mass is 452 g/mol. The standard InChI is InChI=1S/C20H25BrN2O3S/c1-4-23(15(2)3)19-10-8-18(9-11-19)22-20(24)14-27(25,26)13-16-6-5-7-17(21)12-16/h5-12,15H,4,13-14H2,1-3H3,(H,22,24). The van der Waals surface area contributed by atoms with Gasteiger partial charge in [0.2, 0.25) is 5.91 Å². The second kappa shape index (κ2) is 9.37. The molecule has 0 saturated heterocycles. The molecular formula is C20H25BrN2O3S. The quantitative estimate of drug-likeness (QED) is 0.650. The van der Waals surface area contributed by atoms with Crippen LogP contribution in [0.4, 0.5) is 11.4 Å². The van der Waals surface area contributed by atoms with E-state index in [2.05, 4.69) is 46.9 Å². The normalized spacial score (nSPS) is 11.4. The zero-order valence-corrected chi connectivity index (χ0v) is 18.2. The molecule has 0 aliphatic carbocycles. The number of sulfone groups is 1. The third-order valence-corrected chi connectivity index (χ3v) is 6.04. The minimum Gasteiger partial charge on any atom is -0.369 e. The van der Waals surface area contributed by atoms with Crippen molar-refractivity contribution < 1.29 is 13.2 Å². The van der Waals surface area contributed by atoms with Crippen LogP contribution in [0.25, 0.3) is 0 Å². The topological polar surface area (TPSA) is 66.5 Å². The van der Waals surface area contributed by atoms with E-state index in [1.54, 1.807) is 30.3 Å². The van der Waals surface area contributed by atoms with Gasteiger partial charge in [-0.2, -0.15) is 0 Å². The van der Waals surface area contributed by atoms with Crippen LogP contribution in [0.15, 0.2) is 53.0 Å². The van der Waals surface area contributed by atoms with Crippen molar-refractivity contribution in [2.24, 2.45) is 0 Å². The van der Waals surface area contributed by atoms with Crippen molar-refractivity contribution in [3.8, 4) is 0 Å². The van der Waals surface area contributed by atoms with Crippen molar-refractivity contribution in [1.82, 2.24) is 0 Å². The summed E-state index contributed by atoms with van der Waals surface area (Å²) in [5.41, 5.74) is 2.30. The molecule has 0 unspecified atom stereocenters. The van der Waals surface area contributed by atoms with Gasteiger partial charge in [0, 0.05) is 28.4 Å².